The second-order valence-corrected chi connectivity index (χ2v) is 6.59. The van der Waals surface area contributed by atoms with E-state index >= 15 is 0 Å². The Labute approximate surface area is 171 Å². The summed E-state index contributed by atoms with van der Waals surface area (Å²) in [6.45, 7) is 3.86. The Hall–Kier alpha value is -2.03. The third kappa shape index (κ3) is 6.27. The van der Waals surface area contributed by atoms with Crippen LogP contribution < -0.4 is 0 Å². The van der Waals surface area contributed by atoms with Crippen LogP contribution in [0, 0.1) is 15.2 Å². The summed E-state index contributed by atoms with van der Waals surface area (Å²) in [6, 6.07) is 7.41. The van der Waals surface area contributed by atoms with Gasteiger partial charge in [-0.1, -0.05) is 19.9 Å². The predicted molar refractivity (Wildman–Crippen MR) is 107 cm³/mol. The number of hydrogen-bond donors (Lipinski definition) is 0. The molecule has 27 heavy (non-hydrogen) atoms. The molecule has 0 heterocycles. The SMILES string of the molecule is CCc1cc(F)c(C(=O)OC)cc1I.CCc1ccc(C(=O)OC)c(F)c1. The maximum Gasteiger partial charge on any atom is 0.340 e. The number of esters is 2. The minimum Gasteiger partial charge on any atom is -0.465 e. The molecule has 0 saturated heterocycles. The molecule has 0 aliphatic carbocycles. The number of rotatable bonds is 4. The minimum atomic E-state index is -0.639. The Balaban J connectivity index is 0.000000271. The van der Waals surface area contributed by atoms with E-state index in [2.05, 4.69) is 32.1 Å². The fourth-order valence-corrected chi connectivity index (χ4v) is 3.03. The Morgan fingerprint density at radius 2 is 1.44 bits per heavy atom. The van der Waals surface area contributed by atoms with Gasteiger partial charge in [0.25, 0.3) is 0 Å². The van der Waals surface area contributed by atoms with Crippen LogP contribution >= 0.6 is 22.6 Å². The summed E-state index contributed by atoms with van der Waals surface area (Å²) in [5, 5.41) is 0. The van der Waals surface area contributed by atoms with E-state index in [4.69, 9.17) is 0 Å². The van der Waals surface area contributed by atoms with Crippen LogP contribution in [0.25, 0.3) is 0 Å². The third-order valence-corrected chi connectivity index (χ3v) is 4.77. The second-order valence-electron chi connectivity index (χ2n) is 5.43. The van der Waals surface area contributed by atoms with E-state index in [9.17, 15) is 18.4 Å². The van der Waals surface area contributed by atoms with Crippen molar-refractivity contribution in [3.63, 3.8) is 0 Å². The Bertz CT molecular complexity index is 822. The Morgan fingerprint density at radius 3 is 1.93 bits per heavy atom. The summed E-state index contributed by atoms with van der Waals surface area (Å²) >= 11 is 2.08. The van der Waals surface area contributed by atoms with E-state index in [1.165, 1.54) is 38.5 Å². The van der Waals surface area contributed by atoms with Crippen LogP contribution in [0.15, 0.2) is 30.3 Å². The zero-order valence-corrected chi connectivity index (χ0v) is 17.7. The predicted octanol–water partition coefficient (Wildman–Crippen LogP) is 4.95. The van der Waals surface area contributed by atoms with Crippen LogP contribution in [0.3, 0.4) is 0 Å². The summed E-state index contributed by atoms with van der Waals surface area (Å²) < 4.78 is 36.3. The van der Waals surface area contributed by atoms with Crippen molar-refractivity contribution in [2.75, 3.05) is 14.2 Å². The van der Waals surface area contributed by atoms with E-state index in [1.54, 1.807) is 6.07 Å². The summed E-state index contributed by atoms with van der Waals surface area (Å²) in [5.41, 5.74) is 1.75. The molecule has 0 aromatic heterocycles. The number of carbonyl (C=O) groups excluding carboxylic acids is 2. The van der Waals surface area contributed by atoms with Gasteiger partial charge in [0.2, 0.25) is 0 Å². The van der Waals surface area contributed by atoms with Gasteiger partial charge in [-0.3, -0.25) is 0 Å². The van der Waals surface area contributed by atoms with Gasteiger partial charge in [-0.05, 0) is 70.8 Å². The van der Waals surface area contributed by atoms with Crippen LogP contribution in [-0.4, -0.2) is 26.2 Å². The van der Waals surface area contributed by atoms with E-state index in [-0.39, 0.29) is 11.1 Å². The second kappa shape index (κ2) is 11.0. The number of ether oxygens (including phenoxy) is 2. The summed E-state index contributed by atoms with van der Waals surface area (Å²) in [4.78, 5) is 22.1. The average Bonchev–Trinajstić information content (AvgIpc) is 2.68. The molecule has 0 bridgehead atoms. The lowest BCUT2D eigenvalue weighted by Gasteiger charge is -2.05. The number of halogens is 3. The Morgan fingerprint density at radius 1 is 0.889 bits per heavy atom. The molecular formula is C20H21F2IO4. The maximum atomic E-state index is 13.4. The first-order chi connectivity index (χ1) is 12.8. The molecule has 0 saturated carbocycles. The molecule has 146 valence electrons. The minimum absolute atomic E-state index is 0.00546. The van der Waals surface area contributed by atoms with Gasteiger partial charge in [-0.2, -0.15) is 0 Å². The quantitative estimate of drug-likeness (QED) is 0.450. The first-order valence-electron chi connectivity index (χ1n) is 8.21. The molecule has 0 fully saturated rings. The van der Waals surface area contributed by atoms with Crippen LogP contribution in [0.1, 0.15) is 45.7 Å². The standard InChI is InChI=1S/C10H10FIO2.C10H11FO2/c1-3-6-4-8(11)7(5-9(6)12)10(13)14-2;1-3-7-4-5-8(9(11)6-7)10(12)13-2/h4-5H,3H2,1-2H3;4-6H,3H2,1-2H3. The average molecular weight is 490 g/mol. The highest BCUT2D eigenvalue weighted by Crippen LogP contribution is 2.19. The van der Waals surface area contributed by atoms with Gasteiger partial charge in [0, 0.05) is 3.57 Å². The molecule has 4 nitrogen and oxygen atoms in total. The van der Waals surface area contributed by atoms with E-state index in [0.29, 0.717) is 0 Å². The summed E-state index contributed by atoms with van der Waals surface area (Å²) in [6.07, 6.45) is 1.50. The van der Waals surface area contributed by atoms with Gasteiger partial charge in [0.15, 0.2) is 0 Å². The van der Waals surface area contributed by atoms with Gasteiger partial charge in [-0.15, -0.1) is 0 Å². The van der Waals surface area contributed by atoms with E-state index in [0.717, 1.165) is 27.5 Å². The monoisotopic (exact) mass is 490 g/mol. The van der Waals surface area contributed by atoms with Crippen LogP contribution in [-0.2, 0) is 22.3 Å². The van der Waals surface area contributed by atoms with Crippen molar-refractivity contribution in [2.24, 2.45) is 0 Å². The van der Waals surface area contributed by atoms with Crippen molar-refractivity contribution in [1.82, 2.24) is 0 Å². The third-order valence-electron chi connectivity index (χ3n) is 3.77. The summed E-state index contributed by atoms with van der Waals surface area (Å²) in [5.74, 6) is -2.32. The first-order valence-corrected chi connectivity index (χ1v) is 9.29. The lowest BCUT2D eigenvalue weighted by Crippen LogP contribution is -2.06. The topological polar surface area (TPSA) is 52.6 Å². The van der Waals surface area contributed by atoms with Crippen molar-refractivity contribution in [2.45, 2.75) is 26.7 Å². The van der Waals surface area contributed by atoms with Gasteiger partial charge in [-0.25, -0.2) is 18.4 Å². The molecule has 0 N–H and O–H groups in total. The lowest BCUT2D eigenvalue weighted by molar-refractivity contribution is 0.0586. The molecule has 2 aromatic rings. The van der Waals surface area contributed by atoms with Crippen molar-refractivity contribution in [3.05, 3.63) is 67.8 Å². The van der Waals surface area contributed by atoms with E-state index < -0.39 is 23.6 Å². The van der Waals surface area contributed by atoms with E-state index in [1.807, 2.05) is 13.8 Å². The highest BCUT2D eigenvalue weighted by molar-refractivity contribution is 14.1. The number of methoxy groups -OCH3 is 2. The molecule has 0 aliphatic rings. The van der Waals surface area contributed by atoms with Crippen molar-refractivity contribution >= 4 is 34.5 Å². The molecule has 0 atom stereocenters. The molecule has 2 rings (SSSR count). The largest absolute Gasteiger partial charge is 0.465 e. The van der Waals surface area contributed by atoms with Crippen molar-refractivity contribution < 1.29 is 27.8 Å². The smallest absolute Gasteiger partial charge is 0.340 e. The Kier molecular flexibility index (Phi) is 9.34. The zero-order chi connectivity index (χ0) is 20.6. The van der Waals surface area contributed by atoms with Gasteiger partial charge in [0.05, 0.1) is 25.3 Å². The lowest BCUT2D eigenvalue weighted by atomic mass is 10.1. The molecule has 7 heteroatoms. The van der Waals surface area contributed by atoms with Crippen LogP contribution in [0.5, 0.6) is 0 Å². The number of aryl methyl sites for hydroxylation is 2. The zero-order valence-electron chi connectivity index (χ0n) is 15.6. The van der Waals surface area contributed by atoms with Crippen LogP contribution in [0.2, 0.25) is 0 Å². The molecular weight excluding hydrogens is 469 g/mol. The molecule has 2 aromatic carbocycles. The summed E-state index contributed by atoms with van der Waals surface area (Å²) in [7, 11) is 2.47. The molecule has 0 unspecified atom stereocenters. The normalized spacial score (nSPS) is 9.89. The highest BCUT2D eigenvalue weighted by atomic mass is 127. The van der Waals surface area contributed by atoms with Crippen LogP contribution in [0.4, 0.5) is 8.78 Å². The number of benzene rings is 2. The van der Waals surface area contributed by atoms with Crippen molar-refractivity contribution in [1.29, 1.82) is 0 Å². The first kappa shape index (κ1) is 23.0. The van der Waals surface area contributed by atoms with Gasteiger partial charge < -0.3 is 9.47 Å². The number of carbonyl (C=O) groups is 2. The van der Waals surface area contributed by atoms with Gasteiger partial charge >= 0.3 is 11.9 Å². The number of hydrogen-bond acceptors (Lipinski definition) is 4. The van der Waals surface area contributed by atoms with Gasteiger partial charge in [0.1, 0.15) is 11.6 Å². The fraction of sp³-hybridized carbons (Fsp3) is 0.300. The molecule has 0 radical (unpaired) electrons. The molecule has 0 amide bonds. The maximum absolute atomic E-state index is 13.4. The molecule has 0 aliphatic heterocycles. The fourth-order valence-electron chi connectivity index (χ4n) is 2.18. The molecule has 0 spiro atoms. The highest BCUT2D eigenvalue weighted by Gasteiger charge is 2.14. The van der Waals surface area contributed by atoms with Crippen molar-refractivity contribution in [3.8, 4) is 0 Å².